The van der Waals surface area contributed by atoms with Gasteiger partial charge in [-0.1, -0.05) is 51.0 Å². The van der Waals surface area contributed by atoms with Crippen LogP contribution in [0.15, 0.2) is 164 Å². The Morgan fingerprint density at radius 1 is 0.412 bits per heavy atom. The number of ketones is 4. The minimum Gasteiger partial charge on any atom is -0.508 e. The average Bonchev–Trinajstić information content (AvgIpc) is 1.66. The molecule has 3 saturated heterocycles. The van der Waals surface area contributed by atoms with Gasteiger partial charge in [0.1, 0.15) is 88.3 Å². The molecule has 119 heavy (non-hydrogen) atoms. The number of carbonyl (C=O) groups excluding carboxylic acids is 11. The molecular formula is C93H101N6O19W-. The van der Waals surface area contributed by atoms with Crippen molar-refractivity contribution >= 4 is 140 Å². The number of piperazine rings is 3. The van der Waals surface area contributed by atoms with Crippen molar-refractivity contribution in [2.75, 3.05) is 118 Å². The second-order valence-corrected chi connectivity index (χ2v) is 30.0. The van der Waals surface area contributed by atoms with Crippen molar-refractivity contribution in [2.24, 2.45) is 0 Å². The number of fused-ring (bicyclic) bond motifs is 12. The number of carbonyl (C=O) groups is 7. The van der Waals surface area contributed by atoms with E-state index >= 15 is 0 Å². The van der Waals surface area contributed by atoms with Crippen LogP contribution in [0.25, 0.3) is 87.0 Å². The number of hydrogen-bond donors (Lipinski definition) is 1. The summed E-state index contributed by atoms with van der Waals surface area (Å²) in [6.07, 6.45) is 13.9. The van der Waals surface area contributed by atoms with Crippen molar-refractivity contribution in [3.05, 3.63) is 176 Å². The zero-order valence-electron chi connectivity index (χ0n) is 68.2. The fourth-order valence-corrected chi connectivity index (χ4v) is 16.4. The second kappa shape index (κ2) is 42.8. The number of aromatic hydroxyl groups is 1. The van der Waals surface area contributed by atoms with Crippen molar-refractivity contribution in [1.29, 1.82) is 0 Å². The quantitative estimate of drug-likeness (QED) is 0.0616. The molecule has 624 valence electrons. The van der Waals surface area contributed by atoms with E-state index in [1.165, 1.54) is 32.7 Å². The van der Waals surface area contributed by atoms with Crippen LogP contribution in [-0.2, 0) is 86.6 Å². The predicted molar refractivity (Wildman–Crippen MR) is 447 cm³/mol. The summed E-state index contributed by atoms with van der Waals surface area (Å²) < 4.78 is 40.9. The summed E-state index contributed by atoms with van der Waals surface area (Å²) in [5.74, 6) is 2.69. The van der Waals surface area contributed by atoms with Crippen LogP contribution in [0.1, 0.15) is 120 Å². The van der Waals surface area contributed by atoms with Gasteiger partial charge in [-0.2, -0.15) is 19.2 Å². The molecule has 2 unspecified atom stereocenters. The molecule has 5 fully saturated rings. The van der Waals surface area contributed by atoms with E-state index in [-0.39, 0.29) is 106 Å². The van der Waals surface area contributed by atoms with Gasteiger partial charge in [-0.15, -0.1) is 0 Å². The van der Waals surface area contributed by atoms with Gasteiger partial charge in [-0.05, 0) is 177 Å². The molecule has 25 nitrogen and oxygen atoms in total. The molecule has 5 aliphatic rings. The van der Waals surface area contributed by atoms with Gasteiger partial charge < -0.3 is 59.1 Å². The molecule has 8 aromatic carbocycles. The number of nitrogens with zero attached hydrogens (tertiary/aromatic N) is 6. The number of furan rings is 4. The molecule has 2 aliphatic carbocycles. The fraction of sp³-hybridized carbons (Fsp3) is 0.376. The van der Waals surface area contributed by atoms with E-state index in [1.54, 1.807) is 45.4 Å². The van der Waals surface area contributed by atoms with E-state index in [2.05, 4.69) is 58.9 Å². The van der Waals surface area contributed by atoms with Crippen LogP contribution in [0.3, 0.4) is 0 Å². The van der Waals surface area contributed by atoms with Gasteiger partial charge in [0.2, 0.25) is 17.7 Å². The first-order chi connectivity index (χ1) is 56.8. The normalized spacial score (nSPS) is 16.5. The molecule has 2 saturated carbocycles. The van der Waals surface area contributed by atoms with Gasteiger partial charge >= 0.3 is 12.3 Å². The summed E-state index contributed by atoms with van der Waals surface area (Å²) in [7, 11) is 0. The molecule has 12 aromatic rings. The molecule has 7 heterocycles. The van der Waals surface area contributed by atoms with Gasteiger partial charge in [-0.25, -0.2) is 0 Å². The van der Waals surface area contributed by atoms with Gasteiger partial charge in [0, 0.05) is 197 Å². The number of phenols is 1. The van der Waals surface area contributed by atoms with Crippen LogP contribution in [-0.4, -0.2) is 206 Å². The van der Waals surface area contributed by atoms with Crippen molar-refractivity contribution in [3.8, 4) is 23.0 Å². The van der Waals surface area contributed by atoms with E-state index in [0.29, 0.717) is 51.3 Å². The Kier molecular flexibility index (Phi) is 32.3. The van der Waals surface area contributed by atoms with Crippen LogP contribution in [0, 0.1) is 7.43 Å². The fourth-order valence-electron chi connectivity index (χ4n) is 16.4. The summed E-state index contributed by atoms with van der Waals surface area (Å²) in [5.41, 5.74) is 7.67. The second-order valence-electron chi connectivity index (χ2n) is 30.0. The molecule has 17 rings (SSSR count). The van der Waals surface area contributed by atoms with Crippen molar-refractivity contribution in [1.82, 2.24) is 29.4 Å². The maximum Gasteiger partial charge on any atom is 0.373 e. The maximum absolute atomic E-state index is 12.5. The van der Waals surface area contributed by atoms with Gasteiger partial charge in [0.25, 0.3) is 0 Å². The number of hydrogen-bond acceptors (Lipinski definition) is 22. The van der Waals surface area contributed by atoms with Crippen molar-refractivity contribution < 1.29 is 111 Å². The standard InChI is InChI=1S/2C26H28N2O5.C23H28N2O3.C15H14O2.2CO2.CH3.W/c2*1-17(29)28-10-8-27(9-11-28)12-13-32-20-4-6-21-18(14-20)2-7-25-26(21)23(16-33-25)22-5-3-19(30)15-24(22)31;1-3-4-19-16-28-22-8-5-18-15-20(6-7-21(18)23(19)22)27-14-13-24-9-11-25(12-10-24)17(2)26;1-2-3-11-9-17-14-7-4-10-8-12(16)5-6-13(10)15(11)14;2*2-1-3;;/h2*2,4,6-7,14,16,22H,3,5,8-13,15H2,1H3;5-8,15-16H,3-4,9-14H2,1-2H3;4-9,16H,2-3H2,1H3;;;1H3;/q;;;;;;-1;. The Balaban J connectivity index is 0.000000165. The number of phenolic OH excluding ortho intramolecular Hbond substituents is 1. The summed E-state index contributed by atoms with van der Waals surface area (Å²) in [6, 6.07) is 39.8. The first-order valence-electron chi connectivity index (χ1n) is 40.1. The Hall–Kier alpha value is -11.4. The molecule has 26 heteroatoms. The molecule has 0 spiro atoms. The number of amides is 3. The molecule has 0 radical (unpaired) electrons. The summed E-state index contributed by atoms with van der Waals surface area (Å²) in [5, 5.41) is 22.5. The molecule has 0 bridgehead atoms. The summed E-state index contributed by atoms with van der Waals surface area (Å²) >= 11 is 0. The zero-order valence-corrected chi connectivity index (χ0v) is 71.1. The van der Waals surface area contributed by atoms with Crippen LogP contribution >= 0.6 is 0 Å². The third-order valence-electron chi connectivity index (χ3n) is 22.5. The topological polar surface area (TPSA) is 308 Å². The summed E-state index contributed by atoms with van der Waals surface area (Å²) in [6.45, 7) is 23.6. The first kappa shape index (κ1) is 89.9. The Labute approximate surface area is 704 Å². The van der Waals surface area contributed by atoms with Gasteiger partial charge in [-0.3, -0.25) is 48.3 Å². The molecule has 2 atom stereocenters. The third-order valence-corrected chi connectivity index (χ3v) is 22.5. The van der Waals surface area contributed by atoms with Crippen LogP contribution in [0.5, 0.6) is 23.0 Å². The average molecular weight is 1790 g/mol. The van der Waals surface area contributed by atoms with Crippen molar-refractivity contribution in [3.63, 3.8) is 0 Å². The smallest absolute Gasteiger partial charge is 0.373 e. The zero-order chi connectivity index (χ0) is 82.7. The molecule has 3 amide bonds. The van der Waals surface area contributed by atoms with E-state index in [9.17, 15) is 38.7 Å². The molecule has 3 aliphatic heterocycles. The minimum absolute atomic E-state index is 0. The van der Waals surface area contributed by atoms with Crippen LogP contribution < -0.4 is 14.2 Å². The Morgan fingerprint density at radius 2 is 0.706 bits per heavy atom. The number of aryl methyl sites for hydroxylation is 2. The third kappa shape index (κ3) is 22.3. The molecular weight excluding hydrogens is 1690 g/mol. The van der Waals surface area contributed by atoms with Crippen LogP contribution in [0.4, 0.5) is 0 Å². The Morgan fingerprint density at radius 3 is 1.02 bits per heavy atom. The number of Topliss-reactive ketones (excluding diaryl/α,β-unsaturated/α-hetero) is 4. The van der Waals surface area contributed by atoms with E-state index < -0.39 is 0 Å². The number of ether oxygens (including phenoxy) is 3. The van der Waals surface area contributed by atoms with Crippen molar-refractivity contribution in [2.45, 2.75) is 111 Å². The predicted octanol–water partition coefficient (Wildman–Crippen LogP) is 14.7. The number of rotatable bonds is 18. The molecule has 1 N–H and O–H groups in total. The van der Waals surface area contributed by atoms with Crippen LogP contribution in [0.2, 0.25) is 0 Å². The molecule has 4 aromatic heterocycles. The SMILES string of the molecule is CC(=O)N1CCN(CCOc2ccc3c(ccc4occ(C5CCC(=O)CC5=O)c43)c2)CC1.CC(=O)N1CCN(CCOc2ccc3c(ccc4occ(C5CCC(=O)CC5=O)c43)c2)CC1.CCCc1coc2ccc3cc(O)ccc3c12.CCCc1coc2ccc3cc(OCCN4CCN(C(C)=O)CC4)ccc3c12.O=C=O.O=C=O.[CH3-].[W]. The largest absolute Gasteiger partial charge is 0.508 e. The van der Waals surface area contributed by atoms with E-state index in [4.69, 9.17) is 51.1 Å². The maximum atomic E-state index is 12.5. The first-order valence-corrected chi connectivity index (χ1v) is 40.1. The van der Waals surface area contributed by atoms with E-state index in [1.807, 2.05) is 106 Å². The van der Waals surface area contributed by atoms with E-state index in [0.717, 1.165) is 218 Å². The summed E-state index contributed by atoms with van der Waals surface area (Å²) in [4.78, 5) is 128. The van der Waals surface area contributed by atoms with Gasteiger partial charge in [0.15, 0.2) is 0 Å². The number of benzene rings is 8. The Bertz CT molecular complexity index is 5440. The van der Waals surface area contributed by atoms with Gasteiger partial charge in [0.05, 0.1) is 37.9 Å². The minimum atomic E-state index is -0.283. The monoisotopic (exact) mass is 1790 g/mol.